The third-order valence-electron chi connectivity index (χ3n) is 4.08. The summed E-state index contributed by atoms with van der Waals surface area (Å²) in [5, 5.41) is 0. The molecule has 2 N–H and O–H groups in total. The topological polar surface area (TPSA) is 58.7 Å². The summed E-state index contributed by atoms with van der Waals surface area (Å²) in [4.78, 5) is 18.6. The molecule has 0 aromatic rings. The molecule has 0 saturated carbocycles. The third kappa shape index (κ3) is 2.60. The molecule has 1 amide bonds. The minimum Gasteiger partial charge on any atom is -0.369 e. The van der Waals surface area contributed by atoms with Gasteiger partial charge in [-0.3, -0.25) is 9.79 Å². The normalized spacial score (nSPS) is 26.9. The summed E-state index contributed by atoms with van der Waals surface area (Å²) in [6, 6.07) is 0.109. The number of amidine groups is 1. The van der Waals surface area contributed by atoms with E-state index in [1.165, 1.54) is 11.3 Å². The molecule has 1 saturated heterocycles. The number of nitrogens with zero attached hydrogens (tertiary/aromatic N) is 2. The van der Waals surface area contributed by atoms with E-state index in [1.54, 1.807) is 0 Å². The van der Waals surface area contributed by atoms with Gasteiger partial charge in [0.15, 0.2) is 0 Å². The van der Waals surface area contributed by atoms with E-state index in [0.717, 1.165) is 5.84 Å². The fourth-order valence-corrected chi connectivity index (χ4v) is 3.63. The number of nitrogens with two attached hydrogens (primary N) is 1. The molecular formula is C15H25N3OS. The van der Waals surface area contributed by atoms with Crippen LogP contribution in [0.3, 0.4) is 0 Å². The van der Waals surface area contributed by atoms with Gasteiger partial charge < -0.3 is 10.6 Å². The van der Waals surface area contributed by atoms with Gasteiger partial charge in [0.1, 0.15) is 5.84 Å². The van der Waals surface area contributed by atoms with Gasteiger partial charge >= 0.3 is 0 Å². The molecule has 1 fully saturated rings. The predicted octanol–water partition coefficient (Wildman–Crippen LogP) is 2.21. The maximum atomic E-state index is 11.6. The van der Waals surface area contributed by atoms with Gasteiger partial charge in [0.05, 0.1) is 12.0 Å². The quantitative estimate of drug-likeness (QED) is 0.784. The highest BCUT2D eigenvalue weighted by Gasteiger charge is 2.41. The van der Waals surface area contributed by atoms with Crippen LogP contribution in [0.15, 0.2) is 16.3 Å². The zero-order valence-electron chi connectivity index (χ0n) is 13.0. The minimum absolute atomic E-state index is 0.109. The van der Waals surface area contributed by atoms with Crippen molar-refractivity contribution in [2.45, 2.75) is 51.8 Å². The molecule has 0 bridgehead atoms. The first kappa shape index (κ1) is 15.4. The highest BCUT2D eigenvalue weighted by atomic mass is 32.1. The molecular weight excluding hydrogens is 270 g/mol. The molecule has 5 heteroatoms. The van der Waals surface area contributed by atoms with E-state index in [4.69, 9.17) is 23.4 Å². The van der Waals surface area contributed by atoms with Crippen LogP contribution in [0.2, 0.25) is 0 Å². The molecule has 0 unspecified atom stereocenters. The highest BCUT2D eigenvalue weighted by Crippen LogP contribution is 2.41. The maximum absolute atomic E-state index is 11.6. The number of fused-ring (bicyclic) bond motifs is 1. The van der Waals surface area contributed by atoms with Gasteiger partial charge in [0, 0.05) is 29.3 Å². The number of thiol groups is 1. The molecule has 4 nitrogen and oxygen atoms in total. The van der Waals surface area contributed by atoms with Gasteiger partial charge in [0.2, 0.25) is 5.91 Å². The van der Waals surface area contributed by atoms with Crippen LogP contribution in [0.5, 0.6) is 0 Å². The lowest BCUT2D eigenvalue weighted by molar-refractivity contribution is -0.121. The number of hydrogen-bond donors (Lipinski definition) is 2. The molecule has 0 aliphatic carbocycles. The zero-order chi connectivity index (χ0) is 15.2. The summed E-state index contributed by atoms with van der Waals surface area (Å²) in [7, 11) is 0. The van der Waals surface area contributed by atoms with E-state index in [-0.39, 0.29) is 22.6 Å². The Morgan fingerprint density at radius 1 is 1.50 bits per heavy atom. The van der Waals surface area contributed by atoms with E-state index >= 15 is 0 Å². The van der Waals surface area contributed by atoms with Crippen LogP contribution in [0.1, 0.15) is 41.0 Å². The second-order valence-corrected chi connectivity index (χ2v) is 7.77. The fourth-order valence-electron chi connectivity index (χ4n) is 3.32. The van der Waals surface area contributed by atoms with Crippen LogP contribution in [-0.2, 0) is 4.79 Å². The van der Waals surface area contributed by atoms with Gasteiger partial charge in [-0.15, -0.1) is 0 Å². The van der Waals surface area contributed by atoms with Crippen molar-refractivity contribution in [3.63, 3.8) is 0 Å². The Balaban J connectivity index is 2.50. The molecule has 2 aliphatic rings. The second-order valence-electron chi connectivity index (χ2n) is 6.65. The molecule has 2 rings (SSSR count). The van der Waals surface area contributed by atoms with Crippen molar-refractivity contribution in [2.24, 2.45) is 22.6 Å². The van der Waals surface area contributed by atoms with Gasteiger partial charge in [-0.25, -0.2) is 0 Å². The lowest BCUT2D eigenvalue weighted by Gasteiger charge is -2.38. The number of carbonyl (C=O) groups excluding carboxylic acids is 1. The van der Waals surface area contributed by atoms with E-state index in [1.807, 2.05) is 0 Å². The zero-order valence-corrected chi connectivity index (χ0v) is 13.9. The Hall–Kier alpha value is -0.970. The average molecular weight is 295 g/mol. The number of aliphatic imine (C=N–C) groups is 1. The number of primary amides is 1. The maximum Gasteiger partial charge on any atom is 0.222 e. The van der Waals surface area contributed by atoms with Gasteiger partial charge in [-0.05, 0) is 26.3 Å². The van der Waals surface area contributed by atoms with Crippen LogP contribution in [0, 0.1) is 11.8 Å². The van der Waals surface area contributed by atoms with Crippen LogP contribution in [0.4, 0.5) is 0 Å². The monoisotopic (exact) mass is 295 g/mol. The van der Waals surface area contributed by atoms with Gasteiger partial charge in [-0.2, -0.15) is 12.6 Å². The second kappa shape index (κ2) is 5.10. The molecule has 0 radical (unpaired) electrons. The third-order valence-corrected chi connectivity index (χ3v) is 4.32. The number of rotatable bonds is 3. The number of amides is 1. The summed E-state index contributed by atoms with van der Waals surface area (Å²) >= 11 is 4.73. The summed E-state index contributed by atoms with van der Waals surface area (Å²) in [5.74, 6) is 1.06. The van der Waals surface area contributed by atoms with Crippen molar-refractivity contribution >= 4 is 24.4 Å². The first-order valence-electron chi connectivity index (χ1n) is 7.23. The summed E-state index contributed by atoms with van der Waals surface area (Å²) in [5.41, 5.74) is 7.94. The lowest BCUT2D eigenvalue weighted by atomic mass is 9.90. The van der Waals surface area contributed by atoms with E-state index in [0.29, 0.717) is 18.9 Å². The Morgan fingerprint density at radius 2 is 2.10 bits per heavy atom. The van der Waals surface area contributed by atoms with E-state index in [2.05, 4.69) is 39.5 Å². The molecule has 0 aromatic heterocycles. The predicted molar refractivity (Wildman–Crippen MR) is 85.8 cm³/mol. The van der Waals surface area contributed by atoms with Crippen molar-refractivity contribution in [3.8, 4) is 0 Å². The largest absolute Gasteiger partial charge is 0.369 e. The summed E-state index contributed by atoms with van der Waals surface area (Å²) < 4.78 is -0.244. The van der Waals surface area contributed by atoms with E-state index < -0.39 is 0 Å². The summed E-state index contributed by atoms with van der Waals surface area (Å²) in [6.45, 7) is 11.2. The Kier molecular flexibility index (Phi) is 3.93. The molecule has 0 spiro atoms. The first-order valence-corrected chi connectivity index (χ1v) is 7.68. The molecule has 112 valence electrons. The van der Waals surface area contributed by atoms with Crippen molar-refractivity contribution in [3.05, 3.63) is 11.3 Å². The first-order chi connectivity index (χ1) is 9.12. The van der Waals surface area contributed by atoms with Gasteiger partial charge in [0.25, 0.3) is 0 Å². The highest BCUT2D eigenvalue weighted by molar-refractivity contribution is 7.82. The van der Waals surface area contributed by atoms with Crippen molar-refractivity contribution in [1.82, 2.24) is 4.90 Å². The standard InChI is InChI=1S/C15H25N3OS/c1-8(2)14-17-9(3)12(15(4,5)20)11-6-10(13(16)19)7-18(11)14/h8-10,20H,6-7H2,1-5H3,(H2,16,19)/t9-,10+/m0/s1. The van der Waals surface area contributed by atoms with Crippen molar-refractivity contribution in [1.29, 1.82) is 0 Å². The molecule has 2 heterocycles. The van der Waals surface area contributed by atoms with Crippen LogP contribution < -0.4 is 5.73 Å². The smallest absolute Gasteiger partial charge is 0.222 e. The van der Waals surface area contributed by atoms with Crippen LogP contribution in [0.25, 0.3) is 0 Å². The number of allylic oxidation sites excluding steroid dienone is 1. The van der Waals surface area contributed by atoms with Crippen LogP contribution >= 0.6 is 12.6 Å². The van der Waals surface area contributed by atoms with Crippen molar-refractivity contribution in [2.75, 3.05) is 6.54 Å². The molecule has 2 atom stereocenters. The van der Waals surface area contributed by atoms with Crippen LogP contribution in [-0.4, -0.2) is 34.0 Å². The Bertz CT molecular complexity index is 488. The minimum atomic E-state index is -0.244. The fraction of sp³-hybridized carbons (Fsp3) is 0.733. The number of carbonyl (C=O) groups is 1. The molecule has 2 aliphatic heterocycles. The summed E-state index contributed by atoms with van der Waals surface area (Å²) in [6.07, 6.45) is 0.713. The van der Waals surface area contributed by atoms with Gasteiger partial charge in [-0.1, -0.05) is 13.8 Å². The Morgan fingerprint density at radius 3 is 2.55 bits per heavy atom. The molecule has 20 heavy (non-hydrogen) atoms. The lowest BCUT2D eigenvalue weighted by Crippen LogP contribution is -2.41. The number of hydrogen-bond acceptors (Lipinski definition) is 4. The van der Waals surface area contributed by atoms with E-state index in [9.17, 15) is 4.79 Å². The Labute approximate surface area is 126 Å². The molecule has 0 aromatic carbocycles. The van der Waals surface area contributed by atoms with Crippen molar-refractivity contribution < 1.29 is 4.79 Å². The SMILES string of the molecule is CC(C)C1=N[C@@H](C)C(C(C)(C)S)=C2C[C@@H](C(N)=O)CN12. The average Bonchev–Trinajstić information content (AvgIpc) is 2.69.